The molecule has 7 heteroatoms. The third-order valence-corrected chi connectivity index (χ3v) is 4.49. The molecule has 2 rings (SSSR count). The van der Waals surface area contributed by atoms with Crippen LogP contribution in [-0.4, -0.2) is 32.4 Å². The van der Waals surface area contributed by atoms with Gasteiger partial charge < -0.3 is 9.84 Å². The van der Waals surface area contributed by atoms with Crippen molar-refractivity contribution in [1.82, 2.24) is 15.2 Å². The average Bonchev–Trinajstić information content (AvgIpc) is 2.74. The van der Waals surface area contributed by atoms with Crippen LogP contribution in [0.5, 0.6) is 0 Å². The fourth-order valence-corrected chi connectivity index (χ4v) is 3.50. The largest absolute Gasteiger partial charge is 0.360 e. The number of rotatable bonds is 5. The summed E-state index contributed by atoms with van der Waals surface area (Å²) >= 11 is 0. The molecule has 1 aliphatic rings. The second kappa shape index (κ2) is 5.81. The molecule has 0 radical (unpaired) electrons. The monoisotopic (exact) mass is 273 g/mol. The van der Waals surface area contributed by atoms with Gasteiger partial charge in [-0.1, -0.05) is 5.16 Å². The molecule has 0 amide bonds. The van der Waals surface area contributed by atoms with Crippen molar-refractivity contribution in [2.45, 2.75) is 26.3 Å². The van der Waals surface area contributed by atoms with Gasteiger partial charge in [0.1, 0.15) is 0 Å². The van der Waals surface area contributed by atoms with E-state index in [0.717, 1.165) is 31.6 Å². The van der Waals surface area contributed by atoms with Gasteiger partial charge in [-0.05, 0) is 38.8 Å². The summed E-state index contributed by atoms with van der Waals surface area (Å²) in [4.78, 5) is 0. The standard InChI is InChI=1S/C11H19N3O3S/c1-9-5-11(17-14-9)7-13-18(15,16)8-10-3-2-4-12-6-10/h5,10,12-13H,2-4,6-8H2,1H3. The van der Waals surface area contributed by atoms with Crippen molar-refractivity contribution in [3.05, 3.63) is 17.5 Å². The Kier molecular flexibility index (Phi) is 4.36. The first-order valence-corrected chi connectivity index (χ1v) is 7.81. The van der Waals surface area contributed by atoms with E-state index in [1.165, 1.54) is 0 Å². The van der Waals surface area contributed by atoms with Gasteiger partial charge in [0.15, 0.2) is 5.76 Å². The highest BCUT2D eigenvalue weighted by Gasteiger charge is 2.21. The van der Waals surface area contributed by atoms with E-state index in [-0.39, 0.29) is 18.2 Å². The van der Waals surface area contributed by atoms with Crippen molar-refractivity contribution in [1.29, 1.82) is 0 Å². The van der Waals surface area contributed by atoms with Crippen molar-refractivity contribution >= 4 is 10.0 Å². The van der Waals surface area contributed by atoms with Crippen LogP contribution in [0, 0.1) is 12.8 Å². The number of hydrogen-bond acceptors (Lipinski definition) is 5. The molecule has 1 unspecified atom stereocenters. The third kappa shape index (κ3) is 4.08. The number of sulfonamides is 1. The van der Waals surface area contributed by atoms with E-state index < -0.39 is 10.0 Å². The molecule has 1 aromatic heterocycles. The van der Waals surface area contributed by atoms with Crippen molar-refractivity contribution < 1.29 is 12.9 Å². The first-order valence-electron chi connectivity index (χ1n) is 6.15. The quantitative estimate of drug-likeness (QED) is 0.811. The van der Waals surface area contributed by atoms with Gasteiger partial charge in [0.05, 0.1) is 18.0 Å². The van der Waals surface area contributed by atoms with Gasteiger partial charge >= 0.3 is 0 Å². The van der Waals surface area contributed by atoms with Crippen LogP contribution >= 0.6 is 0 Å². The van der Waals surface area contributed by atoms with E-state index in [1.807, 2.05) is 0 Å². The number of piperidine rings is 1. The highest BCUT2D eigenvalue weighted by Crippen LogP contribution is 2.12. The van der Waals surface area contributed by atoms with Crippen LogP contribution in [0.15, 0.2) is 10.6 Å². The maximum atomic E-state index is 11.9. The van der Waals surface area contributed by atoms with Crippen molar-refractivity contribution in [3.8, 4) is 0 Å². The minimum Gasteiger partial charge on any atom is -0.360 e. The molecule has 1 aliphatic heterocycles. The van der Waals surface area contributed by atoms with Crippen LogP contribution in [0.2, 0.25) is 0 Å². The highest BCUT2D eigenvalue weighted by atomic mass is 32.2. The molecular weight excluding hydrogens is 254 g/mol. The Morgan fingerprint density at radius 3 is 3.06 bits per heavy atom. The normalized spacial score (nSPS) is 21.1. The lowest BCUT2D eigenvalue weighted by Gasteiger charge is -2.22. The zero-order valence-corrected chi connectivity index (χ0v) is 11.3. The molecule has 6 nitrogen and oxygen atoms in total. The van der Waals surface area contributed by atoms with E-state index in [1.54, 1.807) is 13.0 Å². The average molecular weight is 273 g/mol. The van der Waals surface area contributed by atoms with Crippen molar-refractivity contribution in [3.63, 3.8) is 0 Å². The van der Waals surface area contributed by atoms with E-state index >= 15 is 0 Å². The van der Waals surface area contributed by atoms with Gasteiger partial charge in [-0.25, -0.2) is 13.1 Å². The Labute approximate surface area is 107 Å². The second-order valence-corrected chi connectivity index (χ2v) is 6.60. The molecule has 0 aromatic carbocycles. The van der Waals surface area contributed by atoms with Crippen LogP contribution in [0.1, 0.15) is 24.3 Å². The second-order valence-electron chi connectivity index (χ2n) is 4.75. The zero-order valence-electron chi connectivity index (χ0n) is 10.5. The SMILES string of the molecule is Cc1cc(CNS(=O)(=O)CC2CCCNC2)on1. The zero-order chi connectivity index (χ0) is 13.0. The minimum absolute atomic E-state index is 0.170. The van der Waals surface area contributed by atoms with Gasteiger partial charge in [0, 0.05) is 6.07 Å². The van der Waals surface area contributed by atoms with Crippen LogP contribution in [-0.2, 0) is 16.6 Å². The number of nitrogens with zero attached hydrogens (tertiary/aromatic N) is 1. The molecule has 1 saturated heterocycles. The molecule has 18 heavy (non-hydrogen) atoms. The maximum Gasteiger partial charge on any atom is 0.212 e. The molecule has 0 spiro atoms. The van der Waals surface area contributed by atoms with Crippen molar-refractivity contribution in [2.75, 3.05) is 18.8 Å². The number of hydrogen-bond donors (Lipinski definition) is 2. The lowest BCUT2D eigenvalue weighted by molar-refractivity contribution is 0.375. The summed E-state index contributed by atoms with van der Waals surface area (Å²) in [6.45, 7) is 3.74. The Morgan fingerprint density at radius 1 is 1.61 bits per heavy atom. The van der Waals surface area contributed by atoms with Gasteiger partial charge in [0.2, 0.25) is 10.0 Å². The first-order chi connectivity index (χ1) is 8.55. The molecule has 0 aliphatic carbocycles. The molecular formula is C11H19N3O3S. The Hall–Kier alpha value is -0.920. The predicted molar refractivity (Wildman–Crippen MR) is 67.5 cm³/mol. The number of aryl methyl sites for hydroxylation is 1. The molecule has 0 saturated carbocycles. The summed E-state index contributed by atoms with van der Waals surface area (Å²) in [5.74, 6) is 0.915. The maximum absolute atomic E-state index is 11.9. The van der Waals surface area contributed by atoms with Crippen LogP contribution in [0.25, 0.3) is 0 Å². The molecule has 2 N–H and O–H groups in total. The predicted octanol–water partition coefficient (Wildman–Crippen LogP) is 0.402. The Balaban J connectivity index is 1.83. The van der Waals surface area contributed by atoms with Crippen molar-refractivity contribution in [2.24, 2.45) is 5.92 Å². The van der Waals surface area contributed by atoms with E-state index in [4.69, 9.17) is 4.52 Å². The molecule has 0 bridgehead atoms. The number of aromatic nitrogens is 1. The van der Waals surface area contributed by atoms with Gasteiger partial charge in [-0.3, -0.25) is 0 Å². The lowest BCUT2D eigenvalue weighted by Crippen LogP contribution is -2.37. The van der Waals surface area contributed by atoms with E-state index in [2.05, 4.69) is 15.2 Å². The van der Waals surface area contributed by atoms with Crippen LogP contribution in [0.3, 0.4) is 0 Å². The summed E-state index contributed by atoms with van der Waals surface area (Å²) in [6.07, 6.45) is 2.01. The molecule has 1 atom stereocenters. The van der Waals surface area contributed by atoms with Gasteiger partial charge in [0.25, 0.3) is 0 Å². The summed E-state index contributed by atoms with van der Waals surface area (Å²) in [5, 5.41) is 6.93. The van der Waals surface area contributed by atoms with Crippen LogP contribution in [0.4, 0.5) is 0 Å². The first kappa shape index (κ1) is 13.5. The van der Waals surface area contributed by atoms with Gasteiger partial charge in [-0.15, -0.1) is 0 Å². The Bertz CT molecular complexity index is 477. The summed E-state index contributed by atoms with van der Waals surface area (Å²) in [6, 6.07) is 1.73. The lowest BCUT2D eigenvalue weighted by atomic mass is 10.0. The molecule has 102 valence electrons. The molecule has 1 aromatic rings. The molecule has 2 heterocycles. The summed E-state index contributed by atoms with van der Waals surface area (Å²) < 4.78 is 31.3. The smallest absolute Gasteiger partial charge is 0.212 e. The van der Waals surface area contributed by atoms with Crippen LogP contribution < -0.4 is 10.0 Å². The fourth-order valence-electron chi connectivity index (χ4n) is 2.12. The summed E-state index contributed by atoms with van der Waals surface area (Å²) in [5.41, 5.74) is 0.751. The fraction of sp³-hybridized carbons (Fsp3) is 0.727. The molecule has 1 fully saturated rings. The summed E-state index contributed by atoms with van der Waals surface area (Å²) in [7, 11) is -3.25. The van der Waals surface area contributed by atoms with E-state index in [0.29, 0.717) is 5.76 Å². The number of nitrogens with one attached hydrogen (secondary N) is 2. The topological polar surface area (TPSA) is 84.2 Å². The Morgan fingerprint density at radius 2 is 2.44 bits per heavy atom. The van der Waals surface area contributed by atoms with E-state index in [9.17, 15) is 8.42 Å². The highest BCUT2D eigenvalue weighted by molar-refractivity contribution is 7.89. The third-order valence-electron chi connectivity index (χ3n) is 3.00. The minimum atomic E-state index is -3.25. The van der Waals surface area contributed by atoms with Gasteiger partial charge in [-0.2, -0.15) is 0 Å².